The zero-order valence-corrected chi connectivity index (χ0v) is 22.4. The molecule has 1 heterocycles. The smallest absolute Gasteiger partial charge is 0.495 e. The van der Waals surface area contributed by atoms with Crippen LogP contribution in [0.15, 0.2) is 18.2 Å². The molecule has 0 spiro atoms. The minimum atomic E-state index is -2.08. The van der Waals surface area contributed by atoms with Gasteiger partial charge in [0.2, 0.25) is 0 Å². The highest BCUT2D eigenvalue weighted by Crippen LogP contribution is 2.43. The van der Waals surface area contributed by atoms with Crippen molar-refractivity contribution < 1.29 is 18.5 Å². The minimum Gasteiger partial charge on any atom is -0.543 e. The summed E-state index contributed by atoms with van der Waals surface area (Å²) in [6.07, 6.45) is 3.80. The summed E-state index contributed by atoms with van der Waals surface area (Å²) >= 11 is 0. The molecule has 1 saturated carbocycles. The van der Waals surface area contributed by atoms with Crippen molar-refractivity contribution in [2.24, 2.45) is 0 Å². The fourth-order valence-electron chi connectivity index (χ4n) is 5.07. The van der Waals surface area contributed by atoms with Gasteiger partial charge < -0.3 is 18.5 Å². The Morgan fingerprint density at radius 2 is 1.32 bits per heavy atom. The molecule has 4 nitrogen and oxygen atoms in total. The molecule has 1 aromatic rings. The van der Waals surface area contributed by atoms with Gasteiger partial charge >= 0.3 is 7.12 Å². The molecule has 3 rings (SSSR count). The van der Waals surface area contributed by atoms with Gasteiger partial charge in [0.1, 0.15) is 11.5 Å². The number of hydrogen-bond acceptors (Lipinski definition) is 4. The van der Waals surface area contributed by atoms with Crippen LogP contribution < -0.4 is 14.6 Å². The molecule has 174 valence electrons. The quantitative estimate of drug-likeness (QED) is 0.429. The molecular weight excluding hydrogens is 403 g/mol. The van der Waals surface area contributed by atoms with E-state index in [9.17, 15) is 0 Å². The minimum absolute atomic E-state index is 0.309. The Balaban J connectivity index is 1.99. The Kier molecular flexibility index (Phi) is 6.96. The van der Waals surface area contributed by atoms with Crippen molar-refractivity contribution in [1.82, 2.24) is 0 Å². The SMILES string of the molecule is CC(C)[Si](Oc1cc(OC2CCC2)cc(B2OC(C)(C)C(C)(C)O2)c1)(C(C)C)C(C)C. The third-order valence-corrected chi connectivity index (χ3v) is 13.8. The van der Waals surface area contributed by atoms with E-state index in [1.165, 1.54) is 6.42 Å². The van der Waals surface area contributed by atoms with Gasteiger partial charge in [0.25, 0.3) is 8.32 Å². The van der Waals surface area contributed by atoms with Crippen molar-refractivity contribution in [3.8, 4) is 11.5 Å². The van der Waals surface area contributed by atoms with Crippen LogP contribution in [-0.4, -0.2) is 32.7 Å². The maximum Gasteiger partial charge on any atom is 0.495 e. The van der Waals surface area contributed by atoms with E-state index >= 15 is 0 Å². The molecular formula is C25H43BO4Si. The van der Waals surface area contributed by atoms with Crippen molar-refractivity contribution in [1.29, 1.82) is 0 Å². The highest BCUT2D eigenvalue weighted by Gasteiger charge is 2.52. The Labute approximate surface area is 191 Å². The van der Waals surface area contributed by atoms with Gasteiger partial charge in [-0.1, -0.05) is 41.5 Å². The van der Waals surface area contributed by atoms with Crippen LogP contribution in [0.2, 0.25) is 16.6 Å². The zero-order chi connectivity index (χ0) is 23.2. The van der Waals surface area contributed by atoms with Crippen LogP contribution in [0, 0.1) is 0 Å². The lowest BCUT2D eigenvalue weighted by atomic mass is 9.79. The topological polar surface area (TPSA) is 36.9 Å². The molecule has 31 heavy (non-hydrogen) atoms. The second-order valence-corrected chi connectivity index (χ2v) is 16.8. The van der Waals surface area contributed by atoms with Crippen LogP contribution in [0.3, 0.4) is 0 Å². The maximum absolute atomic E-state index is 7.01. The van der Waals surface area contributed by atoms with E-state index in [1.807, 2.05) is 0 Å². The van der Waals surface area contributed by atoms with Crippen LogP contribution in [0.4, 0.5) is 0 Å². The van der Waals surface area contributed by atoms with Gasteiger partial charge in [0.15, 0.2) is 0 Å². The monoisotopic (exact) mass is 446 g/mol. The Morgan fingerprint density at radius 1 is 0.839 bits per heavy atom. The van der Waals surface area contributed by atoms with Gasteiger partial charge in [0, 0.05) is 6.07 Å². The molecule has 0 radical (unpaired) electrons. The van der Waals surface area contributed by atoms with Crippen molar-refractivity contribution in [3.63, 3.8) is 0 Å². The van der Waals surface area contributed by atoms with E-state index in [2.05, 4.69) is 87.4 Å². The first-order valence-corrected chi connectivity index (χ1v) is 14.3. The highest BCUT2D eigenvalue weighted by atomic mass is 28.4. The lowest BCUT2D eigenvalue weighted by Gasteiger charge is -2.42. The number of hydrogen-bond donors (Lipinski definition) is 0. The predicted octanol–water partition coefficient (Wildman–Crippen LogP) is 6.47. The maximum atomic E-state index is 7.01. The molecule has 1 aliphatic carbocycles. The average molecular weight is 447 g/mol. The highest BCUT2D eigenvalue weighted by molar-refractivity contribution is 6.78. The summed E-state index contributed by atoms with van der Waals surface area (Å²) < 4.78 is 26.0. The van der Waals surface area contributed by atoms with Crippen LogP contribution in [-0.2, 0) is 9.31 Å². The van der Waals surface area contributed by atoms with Crippen molar-refractivity contribution in [2.45, 2.75) is 122 Å². The largest absolute Gasteiger partial charge is 0.543 e. The zero-order valence-electron chi connectivity index (χ0n) is 21.4. The average Bonchev–Trinajstić information content (AvgIpc) is 2.82. The number of benzene rings is 1. The summed E-state index contributed by atoms with van der Waals surface area (Å²) in [5.41, 5.74) is 1.73. The second kappa shape index (κ2) is 8.75. The van der Waals surface area contributed by atoms with E-state index in [4.69, 9.17) is 18.5 Å². The van der Waals surface area contributed by atoms with Crippen molar-refractivity contribution >= 4 is 20.9 Å². The summed E-state index contributed by atoms with van der Waals surface area (Å²) in [5.74, 6) is 1.76. The van der Waals surface area contributed by atoms with E-state index in [0.29, 0.717) is 22.7 Å². The van der Waals surface area contributed by atoms with E-state index in [0.717, 1.165) is 29.8 Å². The fourth-order valence-corrected chi connectivity index (χ4v) is 10.3. The van der Waals surface area contributed by atoms with Gasteiger partial charge in [-0.2, -0.15) is 0 Å². The molecule has 0 atom stereocenters. The third kappa shape index (κ3) is 4.72. The van der Waals surface area contributed by atoms with Gasteiger partial charge in [0.05, 0.1) is 17.3 Å². The molecule has 1 saturated heterocycles. The second-order valence-electron chi connectivity index (χ2n) is 11.4. The van der Waals surface area contributed by atoms with Crippen molar-refractivity contribution in [2.75, 3.05) is 0 Å². The van der Waals surface area contributed by atoms with Crippen LogP contribution in [0.5, 0.6) is 11.5 Å². The van der Waals surface area contributed by atoms with Gasteiger partial charge in [-0.05, 0) is 81.2 Å². The molecule has 0 bridgehead atoms. The molecule has 0 amide bonds. The van der Waals surface area contributed by atoms with Crippen molar-refractivity contribution in [3.05, 3.63) is 18.2 Å². The Morgan fingerprint density at radius 3 is 1.74 bits per heavy atom. The summed E-state index contributed by atoms with van der Waals surface area (Å²) in [7, 11) is -2.51. The molecule has 0 unspecified atom stereocenters. The van der Waals surface area contributed by atoms with Gasteiger partial charge in [-0.25, -0.2) is 0 Å². The van der Waals surface area contributed by atoms with E-state index in [1.54, 1.807) is 0 Å². The molecule has 0 aromatic heterocycles. The summed E-state index contributed by atoms with van der Waals surface area (Å²) in [6.45, 7) is 22.3. The summed E-state index contributed by atoms with van der Waals surface area (Å²) in [6, 6.07) is 6.28. The molecule has 2 aliphatic rings. The first-order chi connectivity index (χ1) is 14.3. The van der Waals surface area contributed by atoms with Crippen LogP contribution in [0.1, 0.15) is 88.5 Å². The normalized spacial score (nSPS) is 21.1. The summed E-state index contributed by atoms with van der Waals surface area (Å²) in [5, 5.41) is 0. The first-order valence-electron chi connectivity index (χ1n) is 12.1. The number of rotatable bonds is 8. The molecule has 1 aliphatic heterocycles. The van der Waals surface area contributed by atoms with E-state index < -0.39 is 15.4 Å². The lowest BCUT2D eigenvalue weighted by molar-refractivity contribution is 0.00578. The third-order valence-electron chi connectivity index (χ3n) is 7.78. The fraction of sp³-hybridized carbons (Fsp3) is 0.760. The molecule has 1 aromatic carbocycles. The Hall–Kier alpha value is -0.978. The predicted molar refractivity (Wildman–Crippen MR) is 132 cm³/mol. The van der Waals surface area contributed by atoms with E-state index in [-0.39, 0.29) is 11.2 Å². The van der Waals surface area contributed by atoms with Gasteiger partial charge in [-0.3, -0.25) is 0 Å². The lowest BCUT2D eigenvalue weighted by Crippen LogP contribution is -2.51. The standard InChI is InChI=1S/C25H43BO4Si/c1-17(2)31(18(3)4,19(5)6)28-23-15-20(14-22(16-23)27-21-12-11-13-21)26-29-24(7,8)25(9,10)30-26/h14-19,21H,11-13H2,1-10H3. The molecule has 6 heteroatoms. The molecule has 0 N–H and O–H groups in total. The van der Waals surface area contributed by atoms with Gasteiger partial charge in [-0.15, -0.1) is 0 Å². The summed E-state index contributed by atoms with van der Waals surface area (Å²) in [4.78, 5) is 0. The first kappa shape index (κ1) is 24.7. The number of ether oxygens (including phenoxy) is 1. The Bertz CT molecular complexity index is 733. The molecule has 2 fully saturated rings. The van der Waals surface area contributed by atoms with Crippen LogP contribution in [0.25, 0.3) is 0 Å². The van der Waals surface area contributed by atoms with Crippen LogP contribution >= 0.6 is 0 Å².